The van der Waals surface area contributed by atoms with E-state index in [0.717, 1.165) is 42.7 Å². The van der Waals surface area contributed by atoms with Crippen molar-refractivity contribution in [1.82, 2.24) is 4.98 Å². The van der Waals surface area contributed by atoms with E-state index in [1.165, 1.54) is 12.0 Å². The molecule has 1 N–H and O–H groups in total. The standard InChI is InChI=1S/C19H24N2O3/c1-3-23-19(22)24-18-17(21-11-5-4-6-12-21)16(13-20-18)15-9-7-14(2)8-10-15/h7-10,13,20H,3-6,11-12H2,1-2H3. The lowest BCUT2D eigenvalue weighted by atomic mass is 10.0. The Bertz CT molecular complexity index is 685. The number of hydrogen-bond donors (Lipinski definition) is 1. The Morgan fingerprint density at radius 2 is 1.88 bits per heavy atom. The molecule has 0 atom stereocenters. The Hall–Kier alpha value is -2.43. The molecule has 1 aliphatic heterocycles. The van der Waals surface area contributed by atoms with Crippen LogP contribution in [0.5, 0.6) is 5.88 Å². The van der Waals surface area contributed by atoms with Crippen molar-refractivity contribution in [1.29, 1.82) is 0 Å². The third-order valence-corrected chi connectivity index (χ3v) is 4.30. The van der Waals surface area contributed by atoms with Crippen molar-refractivity contribution in [2.45, 2.75) is 33.1 Å². The number of benzene rings is 1. The van der Waals surface area contributed by atoms with Gasteiger partial charge in [0.1, 0.15) is 5.69 Å². The Kier molecular flexibility index (Phi) is 5.08. The maximum absolute atomic E-state index is 11.8. The lowest BCUT2D eigenvalue weighted by molar-refractivity contribution is 0.103. The molecule has 0 unspecified atom stereocenters. The van der Waals surface area contributed by atoms with Gasteiger partial charge in [0.15, 0.2) is 0 Å². The first-order chi connectivity index (χ1) is 11.7. The highest BCUT2D eigenvalue weighted by Gasteiger charge is 2.24. The number of H-pyrrole nitrogens is 1. The predicted molar refractivity (Wildman–Crippen MR) is 94.7 cm³/mol. The summed E-state index contributed by atoms with van der Waals surface area (Å²) in [6, 6.07) is 8.38. The molecule has 0 bridgehead atoms. The molecular formula is C19H24N2O3. The molecular weight excluding hydrogens is 304 g/mol. The second-order valence-corrected chi connectivity index (χ2v) is 6.08. The summed E-state index contributed by atoms with van der Waals surface area (Å²) in [6.07, 6.45) is 4.78. The van der Waals surface area contributed by atoms with Gasteiger partial charge in [-0.15, -0.1) is 0 Å². The van der Waals surface area contributed by atoms with E-state index in [1.54, 1.807) is 6.92 Å². The highest BCUT2D eigenvalue weighted by atomic mass is 16.7. The van der Waals surface area contributed by atoms with Crippen LogP contribution in [0.25, 0.3) is 11.1 Å². The fourth-order valence-corrected chi connectivity index (χ4v) is 3.09. The molecule has 1 aliphatic rings. The van der Waals surface area contributed by atoms with Gasteiger partial charge in [0.05, 0.1) is 6.61 Å². The monoisotopic (exact) mass is 328 g/mol. The number of carbonyl (C=O) groups is 1. The first-order valence-corrected chi connectivity index (χ1v) is 8.57. The molecule has 1 fully saturated rings. The highest BCUT2D eigenvalue weighted by Crippen LogP contribution is 2.40. The van der Waals surface area contributed by atoms with E-state index in [-0.39, 0.29) is 0 Å². The molecule has 1 aromatic heterocycles. The number of rotatable bonds is 4. The topological polar surface area (TPSA) is 54.6 Å². The van der Waals surface area contributed by atoms with Crippen LogP contribution in [0.4, 0.5) is 10.5 Å². The number of piperidine rings is 1. The minimum absolute atomic E-state index is 0.295. The van der Waals surface area contributed by atoms with Crippen molar-refractivity contribution < 1.29 is 14.3 Å². The maximum Gasteiger partial charge on any atom is 0.515 e. The molecule has 0 amide bonds. The Morgan fingerprint density at radius 1 is 1.17 bits per heavy atom. The van der Waals surface area contributed by atoms with Gasteiger partial charge in [0.25, 0.3) is 0 Å². The quantitative estimate of drug-likeness (QED) is 0.839. The number of ether oxygens (including phenoxy) is 2. The van der Waals surface area contributed by atoms with E-state index in [1.807, 2.05) is 6.20 Å². The second kappa shape index (κ2) is 7.43. The van der Waals surface area contributed by atoms with Crippen LogP contribution >= 0.6 is 0 Å². The number of aromatic nitrogens is 1. The van der Waals surface area contributed by atoms with E-state index >= 15 is 0 Å². The number of nitrogens with zero attached hydrogens (tertiary/aromatic N) is 1. The molecule has 128 valence electrons. The van der Waals surface area contributed by atoms with Gasteiger partial charge < -0.3 is 19.4 Å². The van der Waals surface area contributed by atoms with Gasteiger partial charge in [-0.25, -0.2) is 4.79 Å². The first-order valence-electron chi connectivity index (χ1n) is 8.57. The Balaban J connectivity index is 1.96. The van der Waals surface area contributed by atoms with Gasteiger partial charge in [-0.2, -0.15) is 0 Å². The van der Waals surface area contributed by atoms with Gasteiger partial charge in [0.2, 0.25) is 5.88 Å². The summed E-state index contributed by atoms with van der Waals surface area (Å²) in [5, 5.41) is 0. The fourth-order valence-electron chi connectivity index (χ4n) is 3.09. The van der Waals surface area contributed by atoms with E-state index in [4.69, 9.17) is 9.47 Å². The molecule has 0 aliphatic carbocycles. The number of anilines is 1. The van der Waals surface area contributed by atoms with Crippen LogP contribution in [0.2, 0.25) is 0 Å². The van der Waals surface area contributed by atoms with E-state index in [9.17, 15) is 4.79 Å². The molecule has 24 heavy (non-hydrogen) atoms. The van der Waals surface area contributed by atoms with E-state index in [0.29, 0.717) is 12.5 Å². The molecule has 1 saturated heterocycles. The SMILES string of the molecule is CCOC(=O)Oc1[nH]cc(-c2ccc(C)cc2)c1N1CCCCC1. The molecule has 2 heterocycles. The normalized spacial score (nSPS) is 14.5. The van der Waals surface area contributed by atoms with Gasteiger partial charge in [-0.1, -0.05) is 29.8 Å². The summed E-state index contributed by atoms with van der Waals surface area (Å²) in [4.78, 5) is 17.2. The average molecular weight is 328 g/mol. The number of hydrogen-bond acceptors (Lipinski definition) is 4. The number of nitrogens with one attached hydrogen (secondary N) is 1. The second-order valence-electron chi connectivity index (χ2n) is 6.08. The van der Waals surface area contributed by atoms with Gasteiger partial charge >= 0.3 is 6.16 Å². The molecule has 2 aromatic rings. The number of aryl methyl sites for hydroxylation is 1. The summed E-state index contributed by atoms with van der Waals surface area (Å²) in [7, 11) is 0. The molecule has 5 heteroatoms. The molecule has 0 saturated carbocycles. The van der Waals surface area contributed by atoms with E-state index < -0.39 is 6.16 Å². The first kappa shape index (κ1) is 16.4. The summed E-state index contributed by atoms with van der Waals surface area (Å²) in [5.74, 6) is 0.464. The third-order valence-electron chi connectivity index (χ3n) is 4.30. The van der Waals surface area contributed by atoms with Gasteiger partial charge in [0, 0.05) is 24.8 Å². The minimum atomic E-state index is -0.673. The van der Waals surface area contributed by atoms with Crippen molar-refractivity contribution >= 4 is 11.8 Å². The smallest absolute Gasteiger partial charge is 0.434 e. The lowest BCUT2D eigenvalue weighted by Crippen LogP contribution is -2.30. The van der Waals surface area contributed by atoms with Crippen LogP contribution in [0.3, 0.4) is 0 Å². The van der Waals surface area contributed by atoms with Crippen LogP contribution in [0, 0.1) is 6.92 Å². The van der Waals surface area contributed by atoms with Crippen molar-refractivity contribution in [3.63, 3.8) is 0 Å². The summed E-state index contributed by atoms with van der Waals surface area (Å²) < 4.78 is 10.3. The van der Waals surface area contributed by atoms with Crippen LogP contribution in [0.1, 0.15) is 31.7 Å². The average Bonchev–Trinajstić information content (AvgIpc) is 3.00. The predicted octanol–water partition coefficient (Wildman–Crippen LogP) is 4.52. The number of aromatic amines is 1. The van der Waals surface area contributed by atoms with Crippen molar-refractivity contribution in [2.24, 2.45) is 0 Å². The third kappa shape index (κ3) is 3.55. The van der Waals surface area contributed by atoms with Crippen molar-refractivity contribution in [3.05, 3.63) is 36.0 Å². The minimum Gasteiger partial charge on any atom is -0.434 e. The van der Waals surface area contributed by atoms with Crippen LogP contribution < -0.4 is 9.64 Å². The molecule has 5 nitrogen and oxygen atoms in total. The maximum atomic E-state index is 11.8. The largest absolute Gasteiger partial charge is 0.515 e. The lowest BCUT2D eigenvalue weighted by Gasteiger charge is -2.29. The fraction of sp³-hybridized carbons (Fsp3) is 0.421. The van der Waals surface area contributed by atoms with E-state index in [2.05, 4.69) is 41.1 Å². The van der Waals surface area contributed by atoms with Crippen LogP contribution in [-0.2, 0) is 4.74 Å². The zero-order chi connectivity index (χ0) is 16.9. The zero-order valence-corrected chi connectivity index (χ0v) is 14.3. The summed E-state index contributed by atoms with van der Waals surface area (Å²) in [6.45, 7) is 6.07. The van der Waals surface area contributed by atoms with Gasteiger partial charge in [-0.3, -0.25) is 0 Å². The summed E-state index contributed by atoms with van der Waals surface area (Å²) >= 11 is 0. The Labute approximate surface area is 142 Å². The highest BCUT2D eigenvalue weighted by molar-refractivity contribution is 5.84. The number of carbonyl (C=O) groups excluding carboxylic acids is 1. The zero-order valence-electron chi connectivity index (χ0n) is 14.3. The molecule has 1 aromatic carbocycles. The Morgan fingerprint density at radius 3 is 2.54 bits per heavy atom. The molecule has 0 radical (unpaired) electrons. The van der Waals surface area contributed by atoms with Gasteiger partial charge in [-0.05, 0) is 38.7 Å². The molecule has 0 spiro atoms. The van der Waals surface area contributed by atoms with Crippen molar-refractivity contribution in [2.75, 3.05) is 24.6 Å². The summed E-state index contributed by atoms with van der Waals surface area (Å²) in [5.41, 5.74) is 4.33. The van der Waals surface area contributed by atoms with Crippen LogP contribution in [0.15, 0.2) is 30.5 Å². The molecule has 3 rings (SSSR count). The van der Waals surface area contributed by atoms with Crippen molar-refractivity contribution in [3.8, 4) is 17.0 Å². The van der Waals surface area contributed by atoms with Crippen LogP contribution in [-0.4, -0.2) is 30.8 Å².